The molecule has 0 aromatic heterocycles. The average molecular weight is 266 g/mol. The van der Waals surface area contributed by atoms with E-state index < -0.39 is 17.4 Å². The number of rotatable bonds is 4. The van der Waals surface area contributed by atoms with Gasteiger partial charge in [-0.05, 0) is 36.8 Å². The van der Waals surface area contributed by atoms with Crippen LogP contribution in [0.2, 0.25) is 0 Å². The molecule has 1 aliphatic rings. The van der Waals surface area contributed by atoms with Crippen LogP contribution in [0.3, 0.4) is 0 Å². The summed E-state index contributed by atoms with van der Waals surface area (Å²) in [5.41, 5.74) is -0.0312. The second-order valence-corrected chi connectivity index (χ2v) is 4.92. The van der Waals surface area contributed by atoms with Crippen LogP contribution in [-0.2, 0) is 0 Å². The summed E-state index contributed by atoms with van der Waals surface area (Å²) in [6.07, 6.45) is 6.40. The SMILES string of the molecule is CC1CC=CCC1COc1c(F)cc(C=O)cc1F. The van der Waals surface area contributed by atoms with E-state index in [0.717, 1.165) is 25.0 Å². The molecule has 1 aromatic carbocycles. The lowest BCUT2D eigenvalue weighted by Gasteiger charge is -2.25. The fourth-order valence-electron chi connectivity index (χ4n) is 2.21. The highest BCUT2D eigenvalue weighted by Crippen LogP contribution is 2.28. The number of allylic oxidation sites excluding steroid dienone is 2. The van der Waals surface area contributed by atoms with Crippen LogP contribution < -0.4 is 4.74 Å². The molecule has 2 atom stereocenters. The summed E-state index contributed by atoms with van der Waals surface area (Å²) in [7, 11) is 0. The Kier molecular flexibility index (Phi) is 4.30. The highest BCUT2D eigenvalue weighted by atomic mass is 19.1. The van der Waals surface area contributed by atoms with Crippen LogP contribution in [0.15, 0.2) is 24.3 Å². The van der Waals surface area contributed by atoms with Gasteiger partial charge in [0.1, 0.15) is 6.29 Å². The third-order valence-electron chi connectivity index (χ3n) is 3.52. The minimum absolute atomic E-state index is 0.0312. The summed E-state index contributed by atoms with van der Waals surface area (Å²) >= 11 is 0. The molecule has 1 aromatic rings. The van der Waals surface area contributed by atoms with Gasteiger partial charge in [0.15, 0.2) is 17.4 Å². The molecule has 19 heavy (non-hydrogen) atoms. The first-order valence-electron chi connectivity index (χ1n) is 6.34. The van der Waals surface area contributed by atoms with Crippen molar-refractivity contribution in [3.05, 3.63) is 41.5 Å². The minimum Gasteiger partial charge on any atom is -0.487 e. The zero-order chi connectivity index (χ0) is 13.8. The molecule has 0 heterocycles. The second kappa shape index (κ2) is 5.95. The predicted molar refractivity (Wildman–Crippen MR) is 68.3 cm³/mol. The third kappa shape index (κ3) is 3.19. The molecule has 0 bridgehead atoms. The summed E-state index contributed by atoms with van der Waals surface area (Å²) < 4.78 is 32.5. The van der Waals surface area contributed by atoms with E-state index in [0.29, 0.717) is 12.2 Å². The van der Waals surface area contributed by atoms with Gasteiger partial charge >= 0.3 is 0 Å². The van der Waals surface area contributed by atoms with Crippen molar-refractivity contribution in [2.75, 3.05) is 6.61 Å². The van der Waals surface area contributed by atoms with Gasteiger partial charge in [0.2, 0.25) is 0 Å². The molecule has 2 nitrogen and oxygen atoms in total. The van der Waals surface area contributed by atoms with Gasteiger partial charge in [-0.3, -0.25) is 4.79 Å². The number of carbonyl (C=O) groups is 1. The predicted octanol–water partition coefficient (Wildman–Crippen LogP) is 3.76. The number of carbonyl (C=O) groups excluding carboxylic acids is 1. The highest BCUT2D eigenvalue weighted by molar-refractivity contribution is 5.75. The van der Waals surface area contributed by atoms with Crippen LogP contribution in [0.25, 0.3) is 0 Å². The Hall–Kier alpha value is -1.71. The normalized spacial score (nSPS) is 22.3. The van der Waals surface area contributed by atoms with Crippen LogP contribution in [0.4, 0.5) is 8.78 Å². The van der Waals surface area contributed by atoms with Gasteiger partial charge in [-0.1, -0.05) is 19.1 Å². The zero-order valence-electron chi connectivity index (χ0n) is 10.7. The lowest BCUT2D eigenvalue weighted by Crippen LogP contribution is -2.21. The maximum atomic E-state index is 13.6. The Morgan fingerprint density at radius 3 is 2.47 bits per heavy atom. The van der Waals surface area contributed by atoms with Crippen molar-refractivity contribution < 1.29 is 18.3 Å². The number of hydrogen-bond acceptors (Lipinski definition) is 2. The molecule has 4 heteroatoms. The number of benzene rings is 1. The van der Waals surface area contributed by atoms with Crippen molar-refractivity contribution in [1.29, 1.82) is 0 Å². The Morgan fingerprint density at radius 2 is 1.89 bits per heavy atom. The van der Waals surface area contributed by atoms with E-state index in [1.807, 2.05) is 0 Å². The van der Waals surface area contributed by atoms with E-state index in [2.05, 4.69) is 19.1 Å². The summed E-state index contributed by atoms with van der Waals surface area (Å²) in [5, 5.41) is 0. The van der Waals surface area contributed by atoms with E-state index in [4.69, 9.17) is 4.74 Å². The summed E-state index contributed by atoms with van der Waals surface area (Å²) in [6, 6.07) is 1.96. The molecule has 1 aliphatic carbocycles. The van der Waals surface area contributed by atoms with Crippen molar-refractivity contribution in [3.63, 3.8) is 0 Å². The van der Waals surface area contributed by atoms with E-state index in [-0.39, 0.29) is 18.1 Å². The van der Waals surface area contributed by atoms with Crippen molar-refractivity contribution in [2.45, 2.75) is 19.8 Å². The van der Waals surface area contributed by atoms with E-state index >= 15 is 0 Å². The van der Waals surface area contributed by atoms with Crippen molar-refractivity contribution in [3.8, 4) is 5.75 Å². The molecule has 0 saturated heterocycles. The monoisotopic (exact) mass is 266 g/mol. The summed E-state index contributed by atoms with van der Waals surface area (Å²) in [4.78, 5) is 10.5. The zero-order valence-corrected chi connectivity index (χ0v) is 10.7. The molecular formula is C15H16F2O2. The summed E-state index contributed by atoms with van der Waals surface area (Å²) in [6.45, 7) is 2.37. The van der Waals surface area contributed by atoms with Gasteiger partial charge in [0.25, 0.3) is 0 Å². The average Bonchev–Trinajstić information content (AvgIpc) is 2.39. The largest absolute Gasteiger partial charge is 0.487 e. The first-order valence-corrected chi connectivity index (χ1v) is 6.34. The molecule has 0 spiro atoms. The van der Waals surface area contributed by atoms with Gasteiger partial charge in [0, 0.05) is 5.56 Å². The van der Waals surface area contributed by atoms with Gasteiger partial charge in [-0.25, -0.2) is 8.78 Å². The van der Waals surface area contributed by atoms with Crippen LogP contribution >= 0.6 is 0 Å². The Labute approximate surface area is 111 Å². The first-order chi connectivity index (χ1) is 9.11. The molecule has 2 rings (SSSR count). The van der Waals surface area contributed by atoms with Crippen LogP contribution in [0.5, 0.6) is 5.75 Å². The molecule has 0 N–H and O–H groups in total. The molecule has 0 amide bonds. The van der Waals surface area contributed by atoms with Gasteiger partial charge in [0.05, 0.1) is 6.61 Å². The lowest BCUT2D eigenvalue weighted by molar-refractivity contribution is 0.112. The Bertz CT molecular complexity index is 474. The molecular weight excluding hydrogens is 250 g/mol. The lowest BCUT2D eigenvalue weighted by atomic mass is 9.85. The number of ether oxygens (including phenoxy) is 1. The first kappa shape index (κ1) is 13.7. The van der Waals surface area contributed by atoms with E-state index in [9.17, 15) is 13.6 Å². The van der Waals surface area contributed by atoms with Crippen LogP contribution in [0, 0.1) is 23.5 Å². The number of aldehydes is 1. The van der Waals surface area contributed by atoms with Gasteiger partial charge in [-0.2, -0.15) is 0 Å². The number of hydrogen-bond donors (Lipinski definition) is 0. The quantitative estimate of drug-likeness (QED) is 0.612. The van der Waals surface area contributed by atoms with Crippen LogP contribution in [-0.4, -0.2) is 12.9 Å². The molecule has 2 unspecified atom stereocenters. The molecule has 0 fully saturated rings. The highest BCUT2D eigenvalue weighted by Gasteiger charge is 2.21. The maximum absolute atomic E-state index is 13.6. The minimum atomic E-state index is -0.832. The van der Waals surface area contributed by atoms with E-state index in [1.165, 1.54) is 0 Å². The van der Waals surface area contributed by atoms with Gasteiger partial charge < -0.3 is 4.74 Å². The molecule has 0 aliphatic heterocycles. The van der Waals surface area contributed by atoms with Gasteiger partial charge in [-0.15, -0.1) is 0 Å². The van der Waals surface area contributed by atoms with Crippen molar-refractivity contribution >= 4 is 6.29 Å². The van der Waals surface area contributed by atoms with Crippen LogP contribution in [0.1, 0.15) is 30.1 Å². The maximum Gasteiger partial charge on any atom is 0.190 e. The molecule has 102 valence electrons. The third-order valence-corrected chi connectivity index (χ3v) is 3.52. The smallest absolute Gasteiger partial charge is 0.190 e. The Morgan fingerprint density at radius 1 is 1.26 bits per heavy atom. The standard InChI is InChI=1S/C15H16F2O2/c1-10-4-2-3-5-12(10)9-19-15-13(16)6-11(8-18)7-14(15)17/h2-3,6-8,10,12H,4-5,9H2,1H3. The Balaban J connectivity index is 2.07. The van der Waals surface area contributed by atoms with Crippen molar-refractivity contribution in [2.24, 2.45) is 11.8 Å². The van der Waals surface area contributed by atoms with E-state index in [1.54, 1.807) is 0 Å². The topological polar surface area (TPSA) is 26.3 Å². The fourth-order valence-corrected chi connectivity index (χ4v) is 2.21. The molecule has 0 radical (unpaired) electrons. The summed E-state index contributed by atoms with van der Waals surface area (Å²) in [5.74, 6) is -1.37. The van der Waals surface area contributed by atoms with Crippen molar-refractivity contribution in [1.82, 2.24) is 0 Å². The second-order valence-electron chi connectivity index (χ2n) is 4.92. The molecule has 0 saturated carbocycles. The number of halogens is 2. The fraction of sp³-hybridized carbons (Fsp3) is 0.400.